The second-order valence-electron chi connectivity index (χ2n) is 6.59. The second-order valence-corrected chi connectivity index (χ2v) is 6.59. The maximum absolute atomic E-state index is 3.55. The van der Waals surface area contributed by atoms with Crippen molar-refractivity contribution in [2.75, 3.05) is 27.2 Å². The van der Waals surface area contributed by atoms with Crippen molar-refractivity contribution in [3.8, 4) is 0 Å². The van der Waals surface area contributed by atoms with E-state index in [1.54, 1.807) is 0 Å². The molecule has 2 heteroatoms. The van der Waals surface area contributed by atoms with Crippen LogP contribution in [0.4, 0.5) is 0 Å². The van der Waals surface area contributed by atoms with E-state index in [2.05, 4.69) is 45.1 Å². The summed E-state index contributed by atoms with van der Waals surface area (Å²) in [5, 5.41) is 3.55. The topological polar surface area (TPSA) is 15.3 Å². The molecule has 2 nitrogen and oxygen atoms in total. The Morgan fingerprint density at radius 1 is 1.28 bits per heavy atom. The summed E-state index contributed by atoms with van der Waals surface area (Å²) in [7, 11) is 4.43. The summed E-state index contributed by atoms with van der Waals surface area (Å²) >= 11 is 0. The van der Waals surface area contributed by atoms with Crippen LogP contribution in [-0.4, -0.2) is 38.1 Å². The first-order valence-corrected chi connectivity index (χ1v) is 7.94. The Kier molecular flexibility index (Phi) is 7.25. The molecule has 0 spiro atoms. The molecule has 1 fully saturated rings. The van der Waals surface area contributed by atoms with Gasteiger partial charge >= 0.3 is 0 Å². The number of nitrogens with one attached hydrogen (secondary N) is 1. The molecule has 0 saturated heterocycles. The van der Waals surface area contributed by atoms with Gasteiger partial charge in [-0.25, -0.2) is 0 Å². The lowest BCUT2D eigenvalue weighted by molar-refractivity contribution is 0.135. The number of rotatable bonds is 7. The molecule has 3 unspecified atom stereocenters. The first-order valence-electron chi connectivity index (χ1n) is 7.94. The molecule has 0 aromatic rings. The molecule has 1 aliphatic rings. The molecule has 3 atom stereocenters. The van der Waals surface area contributed by atoms with Crippen molar-refractivity contribution in [2.45, 2.75) is 58.9 Å². The fourth-order valence-electron chi connectivity index (χ4n) is 3.41. The lowest BCUT2D eigenvalue weighted by Gasteiger charge is -2.39. The maximum Gasteiger partial charge on any atom is 0.0105 e. The van der Waals surface area contributed by atoms with Gasteiger partial charge in [0.1, 0.15) is 0 Å². The number of nitrogens with zero attached hydrogens (tertiary/aromatic N) is 1. The summed E-state index contributed by atoms with van der Waals surface area (Å²) in [6, 6.07) is 0.740. The maximum atomic E-state index is 3.55. The quantitative estimate of drug-likeness (QED) is 0.749. The van der Waals surface area contributed by atoms with Gasteiger partial charge < -0.3 is 10.2 Å². The summed E-state index contributed by atoms with van der Waals surface area (Å²) in [5.74, 6) is 2.64. The van der Waals surface area contributed by atoms with Gasteiger partial charge in [-0.15, -0.1) is 0 Å². The first-order chi connectivity index (χ1) is 8.58. The molecule has 18 heavy (non-hydrogen) atoms. The van der Waals surface area contributed by atoms with Crippen molar-refractivity contribution in [3.05, 3.63) is 0 Å². The summed E-state index contributed by atoms with van der Waals surface area (Å²) in [6.45, 7) is 9.59. The molecule has 1 N–H and O–H groups in total. The fourth-order valence-corrected chi connectivity index (χ4v) is 3.41. The summed E-state index contributed by atoms with van der Waals surface area (Å²) in [6.07, 6.45) is 6.84. The Bertz CT molecular complexity index is 215. The molecule has 0 bridgehead atoms. The molecule has 0 aromatic heterocycles. The van der Waals surface area contributed by atoms with Gasteiger partial charge in [0.05, 0.1) is 0 Å². The first kappa shape index (κ1) is 16.0. The van der Waals surface area contributed by atoms with Crippen LogP contribution in [0.3, 0.4) is 0 Å². The molecule has 0 heterocycles. The molecular weight excluding hydrogens is 220 g/mol. The molecular formula is C16H34N2. The number of hydrogen-bond donors (Lipinski definition) is 1. The minimum atomic E-state index is 0.740. The van der Waals surface area contributed by atoms with Crippen LogP contribution < -0.4 is 5.32 Å². The third kappa shape index (κ3) is 4.89. The van der Waals surface area contributed by atoms with E-state index in [-0.39, 0.29) is 0 Å². The van der Waals surface area contributed by atoms with Crippen molar-refractivity contribution in [2.24, 2.45) is 17.8 Å². The van der Waals surface area contributed by atoms with Crippen LogP contribution in [0.15, 0.2) is 0 Å². The average Bonchev–Trinajstić information content (AvgIpc) is 2.36. The standard InChI is InChI=1S/C16H34N2/c1-6-7-10-18(5)12-15-11-14(13(2)3)8-9-16(15)17-4/h13-17H,6-12H2,1-5H3. The van der Waals surface area contributed by atoms with Crippen molar-refractivity contribution >= 4 is 0 Å². The zero-order chi connectivity index (χ0) is 13.5. The largest absolute Gasteiger partial charge is 0.317 e. The SMILES string of the molecule is CCCCN(C)CC1CC(C(C)C)CCC1NC. The fraction of sp³-hybridized carbons (Fsp3) is 1.00. The van der Waals surface area contributed by atoms with E-state index in [0.717, 1.165) is 23.8 Å². The smallest absolute Gasteiger partial charge is 0.0105 e. The van der Waals surface area contributed by atoms with Crippen molar-refractivity contribution in [1.82, 2.24) is 10.2 Å². The van der Waals surface area contributed by atoms with Gasteiger partial charge in [-0.3, -0.25) is 0 Å². The highest BCUT2D eigenvalue weighted by molar-refractivity contribution is 4.86. The molecule has 0 aliphatic heterocycles. The second kappa shape index (κ2) is 8.16. The number of hydrogen-bond acceptors (Lipinski definition) is 2. The van der Waals surface area contributed by atoms with Crippen LogP contribution in [-0.2, 0) is 0 Å². The Morgan fingerprint density at radius 3 is 2.56 bits per heavy atom. The van der Waals surface area contributed by atoms with Gasteiger partial charge in [-0.2, -0.15) is 0 Å². The van der Waals surface area contributed by atoms with Crippen LogP contribution in [0.2, 0.25) is 0 Å². The van der Waals surface area contributed by atoms with Gasteiger partial charge in [0.15, 0.2) is 0 Å². The van der Waals surface area contributed by atoms with E-state index >= 15 is 0 Å². The zero-order valence-corrected chi connectivity index (χ0v) is 13.2. The van der Waals surface area contributed by atoms with Crippen LogP contribution in [0.5, 0.6) is 0 Å². The van der Waals surface area contributed by atoms with Gasteiger partial charge in [-0.1, -0.05) is 27.2 Å². The highest BCUT2D eigenvalue weighted by Gasteiger charge is 2.31. The summed E-state index contributed by atoms with van der Waals surface area (Å²) in [5.41, 5.74) is 0. The van der Waals surface area contributed by atoms with Crippen LogP contribution >= 0.6 is 0 Å². The summed E-state index contributed by atoms with van der Waals surface area (Å²) in [4.78, 5) is 2.54. The monoisotopic (exact) mass is 254 g/mol. The van der Waals surface area contributed by atoms with E-state index in [1.807, 2.05) is 0 Å². The van der Waals surface area contributed by atoms with E-state index in [4.69, 9.17) is 0 Å². The normalized spacial score (nSPS) is 29.2. The highest BCUT2D eigenvalue weighted by atomic mass is 15.1. The molecule has 0 amide bonds. The predicted octanol–water partition coefficient (Wildman–Crippen LogP) is 3.38. The van der Waals surface area contributed by atoms with Crippen LogP contribution in [0.25, 0.3) is 0 Å². The average molecular weight is 254 g/mol. The van der Waals surface area contributed by atoms with Crippen molar-refractivity contribution < 1.29 is 0 Å². The Labute approximate surface area is 115 Å². The molecule has 1 aliphatic carbocycles. The Morgan fingerprint density at radius 2 is 2.00 bits per heavy atom. The van der Waals surface area contributed by atoms with E-state index < -0.39 is 0 Å². The van der Waals surface area contributed by atoms with Crippen molar-refractivity contribution in [3.63, 3.8) is 0 Å². The lowest BCUT2D eigenvalue weighted by Crippen LogP contribution is -2.44. The Balaban J connectivity index is 2.46. The minimum absolute atomic E-state index is 0.740. The Hall–Kier alpha value is -0.0800. The van der Waals surface area contributed by atoms with Gasteiger partial charge in [0.2, 0.25) is 0 Å². The molecule has 1 saturated carbocycles. The predicted molar refractivity (Wildman–Crippen MR) is 80.9 cm³/mol. The van der Waals surface area contributed by atoms with E-state index in [9.17, 15) is 0 Å². The molecule has 0 radical (unpaired) electrons. The molecule has 1 rings (SSSR count). The minimum Gasteiger partial charge on any atom is -0.317 e. The van der Waals surface area contributed by atoms with E-state index in [0.29, 0.717) is 0 Å². The van der Waals surface area contributed by atoms with E-state index in [1.165, 1.54) is 45.2 Å². The van der Waals surface area contributed by atoms with Crippen LogP contribution in [0.1, 0.15) is 52.9 Å². The lowest BCUT2D eigenvalue weighted by atomic mass is 9.73. The van der Waals surface area contributed by atoms with Crippen LogP contribution in [0, 0.1) is 17.8 Å². The van der Waals surface area contributed by atoms with Gasteiger partial charge in [0.25, 0.3) is 0 Å². The zero-order valence-electron chi connectivity index (χ0n) is 13.2. The third-order valence-electron chi connectivity index (χ3n) is 4.78. The molecule has 0 aromatic carbocycles. The van der Waals surface area contributed by atoms with Gasteiger partial charge in [0, 0.05) is 12.6 Å². The highest BCUT2D eigenvalue weighted by Crippen LogP contribution is 2.34. The summed E-state index contributed by atoms with van der Waals surface area (Å²) < 4.78 is 0. The molecule has 108 valence electrons. The third-order valence-corrected chi connectivity index (χ3v) is 4.78. The van der Waals surface area contributed by atoms with Gasteiger partial charge in [-0.05, 0) is 64.1 Å². The van der Waals surface area contributed by atoms with Crippen molar-refractivity contribution in [1.29, 1.82) is 0 Å². The number of unbranched alkanes of at least 4 members (excludes halogenated alkanes) is 1.